The fraction of sp³-hybridized carbons (Fsp3) is 0.333. The minimum Gasteiger partial charge on any atom is -0.299 e. The van der Waals surface area contributed by atoms with Gasteiger partial charge in [0.1, 0.15) is 5.78 Å². The number of carbonyl (C=O) groups excluding carboxylic acids is 1. The fourth-order valence-corrected chi connectivity index (χ4v) is 2.59. The van der Waals surface area contributed by atoms with Crippen LogP contribution < -0.4 is 0 Å². The predicted molar refractivity (Wildman–Crippen MR) is 69.4 cm³/mol. The van der Waals surface area contributed by atoms with Gasteiger partial charge in [0, 0.05) is 25.6 Å². The minimum absolute atomic E-state index is 0.137. The third-order valence-corrected chi connectivity index (χ3v) is 3.66. The van der Waals surface area contributed by atoms with E-state index in [-0.39, 0.29) is 5.92 Å². The highest BCUT2D eigenvalue weighted by molar-refractivity contribution is 5.88. The normalized spacial score (nSPS) is 17.1. The van der Waals surface area contributed by atoms with Crippen molar-refractivity contribution in [1.29, 1.82) is 0 Å². The second-order valence-electron chi connectivity index (χ2n) is 4.94. The van der Waals surface area contributed by atoms with Gasteiger partial charge >= 0.3 is 0 Å². The van der Waals surface area contributed by atoms with E-state index in [0.29, 0.717) is 12.2 Å². The van der Waals surface area contributed by atoms with Crippen molar-refractivity contribution >= 4 is 5.78 Å². The summed E-state index contributed by atoms with van der Waals surface area (Å²) < 4.78 is 1.78. The van der Waals surface area contributed by atoms with Gasteiger partial charge < -0.3 is 0 Å². The molecule has 0 saturated carbocycles. The standard InChI is InChI=1S/C15H16N2O/c1-17-10-11(9-16-17)6-7-15(18)14-8-12-4-2-3-5-13(12)14/h2-5,9-10,14H,6-8H2,1H3. The van der Waals surface area contributed by atoms with Crippen molar-refractivity contribution in [2.45, 2.75) is 25.2 Å². The molecule has 1 aliphatic rings. The molecule has 2 aromatic rings. The van der Waals surface area contributed by atoms with E-state index < -0.39 is 0 Å². The first-order valence-corrected chi connectivity index (χ1v) is 6.32. The van der Waals surface area contributed by atoms with Crippen LogP contribution in [0.1, 0.15) is 29.0 Å². The van der Waals surface area contributed by atoms with Gasteiger partial charge in [-0.05, 0) is 29.5 Å². The van der Waals surface area contributed by atoms with Gasteiger partial charge in [-0.25, -0.2) is 0 Å². The average Bonchev–Trinajstić information content (AvgIpc) is 2.74. The zero-order valence-corrected chi connectivity index (χ0v) is 10.5. The number of hydrogen-bond acceptors (Lipinski definition) is 2. The molecule has 1 heterocycles. The van der Waals surface area contributed by atoms with E-state index in [1.54, 1.807) is 4.68 Å². The maximum absolute atomic E-state index is 12.1. The topological polar surface area (TPSA) is 34.9 Å². The van der Waals surface area contributed by atoms with E-state index in [4.69, 9.17) is 0 Å². The molecule has 0 radical (unpaired) electrons. The van der Waals surface area contributed by atoms with Crippen molar-refractivity contribution in [3.8, 4) is 0 Å². The Morgan fingerprint density at radius 1 is 1.44 bits per heavy atom. The Morgan fingerprint density at radius 2 is 2.28 bits per heavy atom. The SMILES string of the molecule is Cn1cc(CCC(=O)C2Cc3ccccc32)cn1. The second-order valence-corrected chi connectivity index (χ2v) is 4.94. The predicted octanol–water partition coefficient (Wildman–Crippen LogP) is 2.26. The lowest BCUT2D eigenvalue weighted by Crippen LogP contribution is -2.25. The molecule has 1 unspecified atom stereocenters. The highest BCUT2D eigenvalue weighted by atomic mass is 16.1. The Bertz CT molecular complexity index is 586. The molecule has 0 spiro atoms. The Hall–Kier alpha value is -1.90. The van der Waals surface area contributed by atoms with Gasteiger partial charge in [-0.2, -0.15) is 5.10 Å². The number of aromatic nitrogens is 2. The molecule has 0 bridgehead atoms. The summed E-state index contributed by atoms with van der Waals surface area (Å²) in [5.74, 6) is 0.496. The van der Waals surface area contributed by atoms with Crippen molar-refractivity contribution in [3.05, 3.63) is 53.3 Å². The van der Waals surface area contributed by atoms with E-state index in [2.05, 4.69) is 17.2 Å². The summed E-state index contributed by atoms with van der Waals surface area (Å²) in [5, 5.41) is 4.11. The van der Waals surface area contributed by atoms with E-state index in [1.807, 2.05) is 31.6 Å². The first kappa shape index (κ1) is 11.2. The molecule has 92 valence electrons. The maximum atomic E-state index is 12.1. The zero-order valence-electron chi connectivity index (χ0n) is 10.5. The highest BCUT2D eigenvalue weighted by Gasteiger charge is 2.30. The summed E-state index contributed by atoms with van der Waals surface area (Å²) in [5.41, 5.74) is 3.70. The molecule has 18 heavy (non-hydrogen) atoms. The highest BCUT2D eigenvalue weighted by Crippen LogP contribution is 2.36. The molecule has 1 aromatic carbocycles. The maximum Gasteiger partial charge on any atom is 0.141 e. The lowest BCUT2D eigenvalue weighted by atomic mass is 9.74. The molecule has 0 saturated heterocycles. The molecule has 1 aromatic heterocycles. The van der Waals surface area contributed by atoms with Crippen molar-refractivity contribution < 1.29 is 4.79 Å². The Labute approximate surface area is 106 Å². The summed E-state index contributed by atoms with van der Waals surface area (Å²) in [6.07, 6.45) is 6.14. The Morgan fingerprint density at radius 3 is 3.00 bits per heavy atom. The number of ketones is 1. The van der Waals surface area contributed by atoms with Crippen LogP contribution in [0.4, 0.5) is 0 Å². The second kappa shape index (κ2) is 4.41. The molecule has 0 amide bonds. The smallest absolute Gasteiger partial charge is 0.141 e. The van der Waals surface area contributed by atoms with Crippen molar-refractivity contribution in [3.63, 3.8) is 0 Å². The number of nitrogens with zero attached hydrogens (tertiary/aromatic N) is 2. The molecule has 1 atom stereocenters. The van der Waals surface area contributed by atoms with Gasteiger partial charge in [-0.15, -0.1) is 0 Å². The van der Waals surface area contributed by atoms with E-state index in [0.717, 1.165) is 18.4 Å². The van der Waals surface area contributed by atoms with Crippen LogP contribution in [-0.2, 0) is 24.7 Å². The molecular formula is C15H16N2O. The van der Waals surface area contributed by atoms with Crippen molar-refractivity contribution in [2.24, 2.45) is 7.05 Å². The average molecular weight is 240 g/mol. The molecule has 3 nitrogen and oxygen atoms in total. The summed E-state index contributed by atoms with van der Waals surface area (Å²) in [6.45, 7) is 0. The number of aryl methyl sites for hydroxylation is 2. The van der Waals surface area contributed by atoms with Crippen LogP contribution in [0.25, 0.3) is 0 Å². The first-order valence-electron chi connectivity index (χ1n) is 6.32. The molecule has 0 N–H and O–H groups in total. The van der Waals surface area contributed by atoms with E-state index >= 15 is 0 Å². The number of rotatable bonds is 4. The van der Waals surface area contributed by atoms with Crippen LogP contribution in [0, 0.1) is 0 Å². The van der Waals surface area contributed by atoms with Crippen LogP contribution in [0.5, 0.6) is 0 Å². The largest absolute Gasteiger partial charge is 0.299 e. The van der Waals surface area contributed by atoms with Crippen LogP contribution in [0.15, 0.2) is 36.7 Å². The summed E-state index contributed by atoms with van der Waals surface area (Å²) in [6, 6.07) is 8.24. The van der Waals surface area contributed by atoms with Crippen LogP contribution in [0.3, 0.4) is 0 Å². The molecule has 3 rings (SSSR count). The lowest BCUT2D eigenvalue weighted by Gasteiger charge is -2.28. The van der Waals surface area contributed by atoms with Crippen LogP contribution >= 0.6 is 0 Å². The monoisotopic (exact) mass is 240 g/mol. The number of carbonyl (C=O) groups is 1. The van der Waals surface area contributed by atoms with Crippen LogP contribution in [-0.4, -0.2) is 15.6 Å². The third-order valence-electron chi connectivity index (χ3n) is 3.66. The number of benzene rings is 1. The van der Waals surface area contributed by atoms with Crippen molar-refractivity contribution in [2.75, 3.05) is 0 Å². The molecule has 3 heteroatoms. The van der Waals surface area contributed by atoms with E-state index in [9.17, 15) is 4.79 Å². The minimum atomic E-state index is 0.137. The fourth-order valence-electron chi connectivity index (χ4n) is 2.59. The first-order chi connectivity index (χ1) is 8.74. The number of fused-ring (bicyclic) bond motifs is 1. The number of hydrogen-bond donors (Lipinski definition) is 0. The number of Topliss-reactive ketones (excluding diaryl/α,β-unsaturated/α-hetero) is 1. The van der Waals surface area contributed by atoms with Gasteiger partial charge in [0.15, 0.2) is 0 Å². The quantitative estimate of drug-likeness (QED) is 0.821. The van der Waals surface area contributed by atoms with Crippen molar-refractivity contribution in [1.82, 2.24) is 9.78 Å². The van der Waals surface area contributed by atoms with Gasteiger partial charge in [-0.3, -0.25) is 9.48 Å². The zero-order chi connectivity index (χ0) is 12.5. The van der Waals surface area contributed by atoms with Gasteiger partial charge in [0.25, 0.3) is 0 Å². The molecular weight excluding hydrogens is 224 g/mol. The van der Waals surface area contributed by atoms with Gasteiger partial charge in [-0.1, -0.05) is 24.3 Å². The Kier molecular flexibility index (Phi) is 2.74. The van der Waals surface area contributed by atoms with Gasteiger partial charge in [0.05, 0.1) is 6.20 Å². The summed E-state index contributed by atoms with van der Waals surface area (Å²) in [4.78, 5) is 12.1. The molecule has 0 aliphatic heterocycles. The van der Waals surface area contributed by atoms with Gasteiger partial charge in [0.2, 0.25) is 0 Å². The molecule has 1 aliphatic carbocycles. The summed E-state index contributed by atoms with van der Waals surface area (Å²) >= 11 is 0. The molecule has 0 fully saturated rings. The summed E-state index contributed by atoms with van der Waals surface area (Å²) in [7, 11) is 1.90. The Balaban J connectivity index is 1.61. The third kappa shape index (κ3) is 1.96. The lowest BCUT2D eigenvalue weighted by molar-refractivity contribution is -0.121. The van der Waals surface area contributed by atoms with Crippen LogP contribution in [0.2, 0.25) is 0 Å². The van der Waals surface area contributed by atoms with E-state index in [1.165, 1.54) is 11.1 Å².